The van der Waals surface area contributed by atoms with Gasteiger partial charge in [-0.3, -0.25) is 0 Å². The number of hydrogen-bond acceptors (Lipinski definition) is 4. The molecule has 0 saturated heterocycles. The molecule has 0 aromatic carbocycles. The lowest BCUT2D eigenvalue weighted by atomic mass is 10.3. The Kier molecular flexibility index (Phi) is 2.83. The first-order valence-electron chi connectivity index (χ1n) is 4.85. The van der Waals surface area contributed by atoms with E-state index in [0.717, 1.165) is 5.76 Å². The van der Waals surface area contributed by atoms with Crippen molar-refractivity contribution in [2.75, 3.05) is 19.0 Å². The van der Waals surface area contributed by atoms with Crippen molar-refractivity contribution >= 4 is 17.5 Å². The minimum absolute atomic E-state index is 0.405. The van der Waals surface area contributed by atoms with E-state index >= 15 is 0 Å². The fourth-order valence-electron chi connectivity index (χ4n) is 1.30. The molecule has 0 aliphatic rings. The van der Waals surface area contributed by atoms with Crippen molar-refractivity contribution in [3.63, 3.8) is 0 Å². The summed E-state index contributed by atoms with van der Waals surface area (Å²) in [6.07, 6.45) is 0. The Balaban J connectivity index is 2.49. The van der Waals surface area contributed by atoms with Crippen molar-refractivity contribution in [1.82, 2.24) is 9.97 Å². The molecule has 0 N–H and O–H groups in total. The summed E-state index contributed by atoms with van der Waals surface area (Å²) in [5, 5.41) is 0.405. The maximum absolute atomic E-state index is 5.93. The normalized spacial score (nSPS) is 10.5. The Hall–Kier alpha value is -1.55. The average molecular weight is 238 g/mol. The summed E-state index contributed by atoms with van der Waals surface area (Å²) in [6.45, 7) is 1.89. The standard InChI is InChI=1S/C11H12ClN3O/c1-7-4-5-9(16-7)8-6-10(12)14-11(13-8)15(2)3/h4-6H,1-3H3. The highest BCUT2D eigenvalue weighted by Crippen LogP contribution is 2.23. The van der Waals surface area contributed by atoms with E-state index in [1.165, 1.54) is 0 Å². The summed E-state index contributed by atoms with van der Waals surface area (Å²) >= 11 is 5.93. The molecular weight excluding hydrogens is 226 g/mol. The van der Waals surface area contributed by atoms with Crippen LogP contribution in [-0.2, 0) is 0 Å². The largest absolute Gasteiger partial charge is 0.460 e. The molecule has 16 heavy (non-hydrogen) atoms. The molecule has 84 valence electrons. The van der Waals surface area contributed by atoms with Gasteiger partial charge >= 0.3 is 0 Å². The quantitative estimate of drug-likeness (QED) is 0.754. The highest BCUT2D eigenvalue weighted by molar-refractivity contribution is 6.29. The number of hydrogen-bond donors (Lipinski definition) is 0. The summed E-state index contributed by atoms with van der Waals surface area (Å²) in [6, 6.07) is 5.45. The van der Waals surface area contributed by atoms with E-state index in [9.17, 15) is 0 Å². The zero-order valence-electron chi connectivity index (χ0n) is 9.36. The average Bonchev–Trinajstić information content (AvgIpc) is 2.64. The Morgan fingerprint density at radius 1 is 1.25 bits per heavy atom. The number of aromatic nitrogens is 2. The lowest BCUT2D eigenvalue weighted by Gasteiger charge is -2.10. The number of anilines is 1. The van der Waals surface area contributed by atoms with Gasteiger partial charge in [-0.25, -0.2) is 9.97 Å². The third-order valence-electron chi connectivity index (χ3n) is 2.08. The minimum Gasteiger partial charge on any atom is -0.460 e. The van der Waals surface area contributed by atoms with Gasteiger partial charge in [0.25, 0.3) is 0 Å². The molecule has 0 bridgehead atoms. The number of rotatable bonds is 2. The highest BCUT2D eigenvalue weighted by Gasteiger charge is 2.09. The Bertz CT molecular complexity index is 508. The predicted octanol–water partition coefficient (Wildman–Crippen LogP) is 2.76. The van der Waals surface area contributed by atoms with E-state index in [1.807, 2.05) is 33.2 Å². The Labute approximate surface area is 98.9 Å². The van der Waals surface area contributed by atoms with E-state index in [0.29, 0.717) is 22.6 Å². The maximum atomic E-state index is 5.93. The lowest BCUT2D eigenvalue weighted by molar-refractivity contribution is 0.546. The molecule has 2 heterocycles. The first-order valence-corrected chi connectivity index (χ1v) is 5.23. The first-order chi connectivity index (χ1) is 7.56. The molecule has 0 amide bonds. The molecule has 5 heteroatoms. The molecule has 2 aromatic rings. The molecule has 0 spiro atoms. The zero-order chi connectivity index (χ0) is 11.7. The minimum atomic E-state index is 0.405. The van der Waals surface area contributed by atoms with Crippen LogP contribution in [0, 0.1) is 6.92 Å². The monoisotopic (exact) mass is 237 g/mol. The SMILES string of the molecule is Cc1ccc(-c2cc(Cl)nc(N(C)C)n2)o1. The highest BCUT2D eigenvalue weighted by atomic mass is 35.5. The zero-order valence-corrected chi connectivity index (χ0v) is 10.1. The van der Waals surface area contributed by atoms with Gasteiger partial charge in [0.15, 0.2) is 5.76 Å². The second-order valence-electron chi connectivity index (χ2n) is 3.68. The van der Waals surface area contributed by atoms with Crippen LogP contribution in [0.3, 0.4) is 0 Å². The van der Waals surface area contributed by atoms with Crippen molar-refractivity contribution in [2.24, 2.45) is 0 Å². The fourth-order valence-corrected chi connectivity index (χ4v) is 1.48. The van der Waals surface area contributed by atoms with Crippen LogP contribution in [0.4, 0.5) is 5.95 Å². The van der Waals surface area contributed by atoms with Gasteiger partial charge in [0.1, 0.15) is 16.6 Å². The molecule has 2 aromatic heterocycles. The molecule has 0 unspecified atom stereocenters. The maximum Gasteiger partial charge on any atom is 0.226 e. The molecule has 4 nitrogen and oxygen atoms in total. The van der Waals surface area contributed by atoms with Gasteiger partial charge in [-0.05, 0) is 19.1 Å². The third kappa shape index (κ3) is 2.17. The second-order valence-corrected chi connectivity index (χ2v) is 4.07. The summed E-state index contributed by atoms with van der Waals surface area (Å²) in [4.78, 5) is 10.3. The van der Waals surface area contributed by atoms with E-state index in [1.54, 1.807) is 11.0 Å². The lowest BCUT2D eigenvalue weighted by Crippen LogP contribution is -2.12. The molecule has 0 atom stereocenters. The van der Waals surface area contributed by atoms with E-state index < -0.39 is 0 Å². The predicted molar refractivity (Wildman–Crippen MR) is 63.8 cm³/mol. The topological polar surface area (TPSA) is 42.2 Å². The van der Waals surface area contributed by atoms with Crippen molar-refractivity contribution in [3.8, 4) is 11.5 Å². The van der Waals surface area contributed by atoms with Crippen LogP contribution in [-0.4, -0.2) is 24.1 Å². The van der Waals surface area contributed by atoms with Crippen LogP contribution in [0.5, 0.6) is 0 Å². The second kappa shape index (κ2) is 4.14. The third-order valence-corrected chi connectivity index (χ3v) is 2.27. The van der Waals surface area contributed by atoms with Crippen LogP contribution in [0.25, 0.3) is 11.5 Å². The van der Waals surface area contributed by atoms with Crippen molar-refractivity contribution in [2.45, 2.75) is 6.92 Å². The van der Waals surface area contributed by atoms with Crippen molar-refractivity contribution < 1.29 is 4.42 Å². The number of furan rings is 1. The smallest absolute Gasteiger partial charge is 0.226 e. The van der Waals surface area contributed by atoms with Crippen LogP contribution < -0.4 is 4.90 Å². The molecule has 0 aliphatic heterocycles. The molecule has 2 rings (SSSR count). The van der Waals surface area contributed by atoms with Gasteiger partial charge in [0.05, 0.1) is 0 Å². The van der Waals surface area contributed by atoms with Gasteiger partial charge in [-0.2, -0.15) is 0 Å². The summed E-state index contributed by atoms with van der Waals surface area (Å²) in [7, 11) is 3.73. The van der Waals surface area contributed by atoms with E-state index in [2.05, 4.69) is 9.97 Å². The number of aryl methyl sites for hydroxylation is 1. The van der Waals surface area contributed by atoms with Crippen molar-refractivity contribution in [1.29, 1.82) is 0 Å². The van der Waals surface area contributed by atoms with E-state index in [-0.39, 0.29) is 0 Å². The van der Waals surface area contributed by atoms with Gasteiger partial charge in [-0.15, -0.1) is 0 Å². The number of halogens is 1. The van der Waals surface area contributed by atoms with Crippen LogP contribution in [0.2, 0.25) is 5.15 Å². The van der Waals surface area contributed by atoms with Gasteiger partial charge < -0.3 is 9.32 Å². The molecule has 0 aliphatic carbocycles. The molecule has 0 saturated carbocycles. The fraction of sp³-hybridized carbons (Fsp3) is 0.273. The summed E-state index contributed by atoms with van der Waals surface area (Å²) < 4.78 is 5.49. The Morgan fingerprint density at radius 2 is 2.00 bits per heavy atom. The van der Waals surface area contributed by atoms with Gasteiger partial charge in [0, 0.05) is 20.2 Å². The van der Waals surface area contributed by atoms with Crippen molar-refractivity contribution in [3.05, 3.63) is 29.1 Å². The van der Waals surface area contributed by atoms with Crippen LogP contribution in [0.1, 0.15) is 5.76 Å². The van der Waals surface area contributed by atoms with Gasteiger partial charge in [-0.1, -0.05) is 11.6 Å². The van der Waals surface area contributed by atoms with E-state index in [4.69, 9.17) is 16.0 Å². The number of nitrogens with zero attached hydrogens (tertiary/aromatic N) is 3. The first kappa shape index (κ1) is 11.0. The summed E-state index contributed by atoms with van der Waals surface area (Å²) in [5.41, 5.74) is 0.691. The van der Waals surface area contributed by atoms with Gasteiger partial charge in [0.2, 0.25) is 5.95 Å². The van der Waals surface area contributed by atoms with Crippen LogP contribution >= 0.6 is 11.6 Å². The van der Waals surface area contributed by atoms with Crippen LogP contribution in [0.15, 0.2) is 22.6 Å². The Morgan fingerprint density at radius 3 is 2.56 bits per heavy atom. The molecule has 0 radical (unpaired) electrons. The summed E-state index contributed by atoms with van der Waals surface area (Å²) in [5.74, 6) is 2.11. The molecular formula is C11H12ClN3O. The molecule has 0 fully saturated rings.